The maximum atomic E-state index is 12.8. The van der Waals surface area contributed by atoms with Gasteiger partial charge in [0, 0.05) is 25.0 Å². The highest BCUT2D eigenvalue weighted by Gasteiger charge is 2.25. The van der Waals surface area contributed by atoms with Crippen LogP contribution in [0.5, 0.6) is 0 Å². The van der Waals surface area contributed by atoms with E-state index < -0.39 is 10.0 Å². The molecular formula is C20H22N4O3S. The van der Waals surface area contributed by atoms with Gasteiger partial charge in [-0.1, -0.05) is 36.4 Å². The van der Waals surface area contributed by atoms with Gasteiger partial charge in [-0.25, -0.2) is 18.4 Å². The molecule has 1 fully saturated rings. The number of hydrogen-bond donors (Lipinski definition) is 1. The first-order valence-corrected chi connectivity index (χ1v) is 10.8. The molecule has 7 nitrogen and oxygen atoms in total. The molecule has 2 heterocycles. The number of morpholine rings is 1. The van der Waals surface area contributed by atoms with Gasteiger partial charge in [-0.05, 0) is 23.3 Å². The van der Waals surface area contributed by atoms with Crippen LogP contribution < -0.4 is 5.32 Å². The van der Waals surface area contributed by atoms with Crippen molar-refractivity contribution in [3.63, 3.8) is 0 Å². The highest BCUT2D eigenvalue weighted by atomic mass is 32.2. The highest BCUT2D eigenvalue weighted by Crippen LogP contribution is 2.21. The van der Waals surface area contributed by atoms with Crippen LogP contribution in [0.15, 0.2) is 54.9 Å². The summed E-state index contributed by atoms with van der Waals surface area (Å²) in [6, 6.07) is 15.4. The number of nitrogens with zero attached hydrogens (tertiary/aromatic N) is 3. The van der Waals surface area contributed by atoms with E-state index in [0.717, 1.165) is 27.8 Å². The number of ether oxygens (including phenoxy) is 1. The third kappa shape index (κ3) is 4.14. The predicted molar refractivity (Wildman–Crippen MR) is 108 cm³/mol. The van der Waals surface area contributed by atoms with E-state index in [4.69, 9.17) is 4.74 Å². The van der Waals surface area contributed by atoms with Crippen LogP contribution in [-0.4, -0.2) is 49.0 Å². The lowest BCUT2D eigenvalue weighted by atomic mass is 10.1. The Kier molecular flexibility index (Phi) is 5.52. The largest absolute Gasteiger partial charge is 0.379 e. The number of hydrogen-bond acceptors (Lipinski definition) is 6. The fourth-order valence-corrected chi connectivity index (χ4v) is 4.87. The molecule has 3 aromatic rings. The van der Waals surface area contributed by atoms with Gasteiger partial charge in [-0.15, -0.1) is 0 Å². The zero-order valence-corrected chi connectivity index (χ0v) is 16.2. The lowest BCUT2D eigenvalue weighted by Gasteiger charge is -2.26. The van der Waals surface area contributed by atoms with Crippen LogP contribution in [-0.2, 0) is 27.1 Å². The number of aromatic nitrogens is 2. The minimum atomic E-state index is -3.38. The smallest absolute Gasteiger partial charge is 0.218 e. The van der Waals surface area contributed by atoms with Gasteiger partial charge in [0.05, 0.1) is 24.5 Å². The molecule has 146 valence electrons. The fourth-order valence-electron chi connectivity index (χ4n) is 3.31. The van der Waals surface area contributed by atoms with Gasteiger partial charge in [0.15, 0.2) is 0 Å². The van der Waals surface area contributed by atoms with E-state index in [9.17, 15) is 8.42 Å². The van der Waals surface area contributed by atoms with Crippen molar-refractivity contribution in [2.75, 3.05) is 31.6 Å². The number of para-hydroxylation sites is 1. The van der Waals surface area contributed by atoms with Crippen molar-refractivity contribution < 1.29 is 13.2 Å². The Morgan fingerprint density at radius 3 is 2.50 bits per heavy atom. The Labute approximate surface area is 164 Å². The second-order valence-corrected chi connectivity index (χ2v) is 8.60. The maximum Gasteiger partial charge on any atom is 0.218 e. The van der Waals surface area contributed by atoms with Crippen LogP contribution in [0.2, 0.25) is 0 Å². The van der Waals surface area contributed by atoms with Crippen LogP contribution in [0, 0.1) is 0 Å². The summed E-state index contributed by atoms with van der Waals surface area (Å²) >= 11 is 0. The molecule has 4 rings (SSSR count). The van der Waals surface area contributed by atoms with Crippen molar-refractivity contribution in [1.29, 1.82) is 0 Å². The lowest BCUT2D eigenvalue weighted by Crippen LogP contribution is -2.41. The summed E-state index contributed by atoms with van der Waals surface area (Å²) in [5.41, 5.74) is 2.59. The maximum absolute atomic E-state index is 12.8. The standard InChI is InChI=1S/C20H22N4O3S/c25-28(26,24-9-11-27-12-10-24)14-17-6-2-1-5-16(17)13-21-20-18-7-3-4-8-19(18)22-15-23-20/h1-8,15H,9-14H2,(H,21,22,23). The SMILES string of the molecule is O=S(=O)(Cc1ccccc1CNc1ncnc2ccccc12)N1CCOCC1. The van der Waals surface area contributed by atoms with E-state index >= 15 is 0 Å². The Morgan fingerprint density at radius 2 is 1.68 bits per heavy atom. The molecule has 0 unspecified atom stereocenters. The topological polar surface area (TPSA) is 84.4 Å². The molecule has 0 saturated carbocycles. The zero-order valence-electron chi connectivity index (χ0n) is 15.4. The lowest BCUT2D eigenvalue weighted by molar-refractivity contribution is 0.0729. The van der Waals surface area contributed by atoms with E-state index in [1.165, 1.54) is 10.6 Å². The van der Waals surface area contributed by atoms with Gasteiger partial charge < -0.3 is 10.1 Å². The quantitative estimate of drug-likeness (QED) is 0.686. The first-order chi connectivity index (χ1) is 13.6. The summed E-state index contributed by atoms with van der Waals surface area (Å²) in [5.74, 6) is 0.714. The summed E-state index contributed by atoms with van der Waals surface area (Å²) in [7, 11) is -3.38. The van der Waals surface area contributed by atoms with E-state index in [0.29, 0.717) is 32.8 Å². The average Bonchev–Trinajstić information content (AvgIpc) is 2.73. The Balaban J connectivity index is 1.53. The average molecular weight is 398 g/mol. The molecular weight excluding hydrogens is 376 g/mol. The van der Waals surface area contributed by atoms with Gasteiger partial charge in [-0.3, -0.25) is 0 Å². The molecule has 0 atom stereocenters. The summed E-state index contributed by atoms with van der Waals surface area (Å²) in [4.78, 5) is 8.61. The number of fused-ring (bicyclic) bond motifs is 1. The second kappa shape index (κ2) is 8.22. The molecule has 0 bridgehead atoms. The zero-order chi connectivity index (χ0) is 19.4. The summed E-state index contributed by atoms with van der Waals surface area (Å²) < 4.78 is 32.3. The van der Waals surface area contributed by atoms with Crippen molar-refractivity contribution in [3.8, 4) is 0 Å². The van der Waals surface area contributed by atoms with Crippen molar-refractivity contribution in [2.45, 2.75) is 12.3 Å². The summed E-state index contributed by atoms with van der Waals surface area (Å²) in [5, 5.41) is 4.26. The van der Waals surface area contributed by atoms with Crippen molar-refractivity contribution in [3.05, 3.63) is 66.0 Å². The van der Waals surface area contributed by atoms with Gasteiger partial charge >= 0.3 is 0 Å². The van der Waals surface area contributed by atoms with Crippen LogP contribution >= 0.6 is 0 Å². The van der Waals surface area contributed by atoms with Gasteiger partial charge in [0.25, 0.3) is 0 Å². The first kappa shape index (κ1) is 18.8. The summed E-state index contributed by atoms with van der Waals surface area (Å²) in [6.07, 6.45) is 1.53. The predicted octanol–water partition coefficient (Wildman–Crippen LogP) is 2.40. The molecule has 1 aliphatic heterocycles. The number of benzene rings is 2. The van der Waals surface area contributed by atoms with Crippen LogP contribution in [0.1, 0.15) is 11.1 Å². The first-order valence-electron chi connectivity index (χ1n) is 9.19. The number of rotatable bonds is 6. The number of nitrogens with one attached hydrogen (secondary N) is 1. The molecule has 1 aromatic heterocycles. The third-order valence-electron chi connectivity index (χ3n) is 4.81. The summed E-state index contributed by atoms with van der Waals surface area (Å²) in [6.45, 7) is 2.20. The second-order valence-electron chi connectivity index (χ2n) is 6.63. The van der Waals surface area contributed by atoms with E-state index in [2.05, 4.69) is 15.3 Å². The Hall–Kier alpha value is -2.55. The van der Waals surface area contributed by atoms with Crippen molar-refractivity contribution >= 4 is 26.7 Å². The van der Waals surface area contributed by atoms with Gasteiger partial charge in [0.1, 0.15) is 12.1 Å². The Morgan fingerprint density at radius 1 is 0.964 bits per heavy atom. The van der Waals surface area contributed by atoms with E-state index in [-0.39, 0.29) is 5.75 Å². The molecule has 1 saturated heterocycles. The minimum absolute atomic E-state index is 0.0185. The molecule has 0 amide bonds. The molecule has 8 heteroatoms. The monoisotopic (exact) mass is 398 g/mol. The third-order valence-corrected chi connectivity index (χ3v) is 6.64. The van der Waals surface area contributed by atoms with Crippen molar-refractivity contribution in [1.82, 2.24) is 14.3 Å². The highest BCUT2D eigenvalue weighted by molar-refractivity contribution is 7.88. The minimum Gasteiger partial charge on any atom is -0.379 e. The number of sulfonamides is 1. The van der Waals surface area contributed by atoms with Crippen LogP contribution in [0.25, 0.3) is 10.9 Å². The fraction of sp³-hybridized carbons (Fsp3) is 0.300. The number of anilines is 1. The van der Waals surface area contributed by atoms with Crippen LogP contribution in [0.3, 0.4) is 0 Å². The molecule has 2 aromatic carbocycles. The molecule has 1 N–H and O–H groups in total. The molecule has 1 aliphatic rings. The molecule has 0 aliphatic carbocycles. The Bertz CT molecular complexity index is 1060. The molecule has 0 spiro atoms. The normalized spacial score (nSPS) is 15.6. The van der Waals surface area contributed by atoms with Gasteiger partial charge in [-0.2, -0.15) is 4.31 Å². The van der Waals surface area contributed by atoms with E-state index in [1.807, 2.05) is 48.5 Å². The van der Waals surface area contributed by atoms with Crippen LogP contribution in [0.4, 0.5) is 5.82 Å². The van der Waals surface area contributed by atoms with Crippen molar-refractivity contribution in [2.24, 2.45) is 0 Å². The van der Waals surface area contributed by atoms with Gasteiger partial charge in [0.2, 0.25) is 10.0 Å². The molecule has 0 radical (unpaired) electrons. The van der Waals surface area contributed by atoms with E-state index in [1.54, 1.807) is 0 Å². The molecule has 28 heavy (non-hydrogen) atoms.